The van der Waals surface area contributed by atoms with Gasteiger partial charge in [0.15, 0.2) is 0 Å². The normalized spacial score (nSPS) is 21.9. The number of rotatable bonds is 5. The van der Waals surface area contributed by atoms with Crippen molar-refractivity contribution >= 4 is 10.0 Å². The van der Waals surface area contributed by atoms with Gasteiger partial charge in [0, 0.05) is 6.54 Å². The summed E-state index contributed by atoms with van der Waals surface area (Å²) in [6, 6.07) is -0.198. The molecule has 2 rings (SSSR count). The zero-order valence-corrected chi connectivity index (χ0v) is 11.1. The van der Waals surface area contributed by atoms with Gasteiger partial charge in [0.05, 0.1) is 11.8 Å². The fourth-order valence-electron chi connectivity index (χ4n) is 2.24. The van der Waals surface area contributed by atoms with Gasteiger partial charge < -0.3 is 0 Å². The summed E-state index contributed by atoms with van der Waals surface area (Å²) < 4.78 is 26.1. The molecule has 1 aliphatic rings. The largest absolute Gasteiger partial charge is 0.262 e. The summed E-state index contributed by atoms with van der Waals surface area (Å²) >= 11 is 0. The van der Waals surface area contributed by atoms with Crippen LogP contribution in [0, 0.1) is 0 Å². The van der Waals surface area contributed by atoms with Gasteiger partial charge in [-0.25, -0.2) is 13.4 Å². The van der Waals surface area contributed by atoms with E-state index in [1.165, 1.54) is 6.33 Å². The molecule has 2 heterocycles. The first-order chi connectivity index (χ1) is 8.65. The van der Waals surface area contributed by atoms with E-state index in [4.69, 9.17) is 0 Å². The lowest BCUT2D eigenvalue weighted by molar-refractivity contribution is 0.247. The molecule has 0 spiro atoms. The van der Waals surface area contributed by atoms with E-state index in [9.17, 15) is 8.42 Å². The molecule has 6 nitrogen and oxygen atoms in total. The van der Waals surface area contributed by atoms with Gasteiger partial charge in [0.1, 0.15) is 12.2 Å². The minimum atomic E-state index is -3.25. The van der Waals surface area contributed by atoms with E-state index in [2.05, 4.69) is 21.8 Å². The number of allylic oxidation sites excluding steroid dienone is 1. The van der Waals surface area contributed by atoms with Gasteiger partial charge in [-0.05, 0) is 19.3 Å². The molecule has 0 unspecified atom stereocenters. The van der Waals surface area contributed by atoms with Gasteiger partial charge in [-0.3, -0.25) is 5.10 Å². The van der Waals surface area contributed by atoms with Crippen LogP contribution < -0.4 is 0 Å². The summed E-state index contributed by atoms with van der Waals surface area (Å²) in [6.07, 6.45) is 6.23. The summed E-state index contributed by atoms with van der Waals surface area (Å²) in [5.74, 6) is 0.748. The lowest BCUT2D eigenvalue weighted by Crippen LogP contribution is -2.40. The molecule has 1 saturated heterocycles. The summed E-state index contributed by atoms with van der Waals surface area (Å²) in [5, 5.41) is 6.58. The lowest BCUT2D eigenvalue weighted by Gasteiger charge is -2.33. The third-order valence-corrected chi connectivity index (χ3v) is 5.04. The molecule has 0 radical (unpaired) electrons. The molecule has 0 saturated carbocycles. The average molecular weight is 270 g/mol. The van der Waals surface area contributed by atoms with Crippen LogP contribution >= 0.6 is 0 Å². The molecule has 7 heteroatoms. The van der Waals surface area contributed by atoms with Crippen molar-refractivity contribution < 1.29 is 8.42 Å². The second-order valence-corrected chi connectivity index (χ2v) is 6.43. The number of nitrogens with one attached hydrogen (secondary N) is 1. The first-order valence-corrected chi connectivity index (χ1v) is 7.72. The van der Waals surface area contributed by atoms with E-state index in [-0.39, 0.29) is 11.8 Å². The Balaban J connectivity index is 2.20. The van der Waals surface area contributed by atoms with Crippen molar-refractivity contribution in [3.8, 4) is 0 Å². The van der Waals surface area contributed by atoms with Crippen LogP contribution in [0.15, 0.2) is 19.0 Å². The van der Waals surface area contributed by atoms with Crippen molar-refractivity contribution in [2.75, 3.05) is 12.3 Å². The third-order valence-electron chi connectivity index (χ3n) is 3.14. The van der Waals surface area contributed by atoms with Gasteiger partial charge in [-0.15, -0.1) is 6.58 Å². The van der Waals surface area contributed by atoms with Crippen molar-refractivity contribution in [3.63, 3.8) is 0 Å². The van der Waals surface area contributed by atoms with Crippen LogP contribution in [0.1, 0.15) is 37.5 Å². The molecule has 100 valence electrons. The molecule has 1 aliphatic heterocycles. The lowest BCUT2D eigenvalue weighted by atomic mass is 10.0. The number of H-pyrrole nitrogens is 1. The molecule has 0 aliphatic carbocycles. The Bertz CT molecular complexity index is 483. The van der Waals surface area contributed by atoms with Gasteiger partial charge in [-0.1, -0.05) is 12.5 Å². The van der Waals surface area contributed by atoms with E-state index < -0.39 is 10.0 Å². The van der Waals surface area contributed by atoms with Crippen LogP contribution in [0.2, 0.25) is 0 Å². The van der Waals surface area contributed by atoms with E-state index in [1.807, 2.05) is 0 Å². The predicted octanol–water partition coefficient (Wildman–Crippen LogP) is 1.24. The van der Waals surface area contributed by atoms with E-state index in [1.54, 1.807) is 10.4 Å². The first-order valence-electron chi connectivity index (χ1n) is 6.11. The van der Waals surface area contributed by atoms with Gasteiger partial charge >= 0.3 is 0 Å². The Morgan fingerprint density at radius 3 is 3.06 bits per heavy atom. The quantitative estimate of drug-likeness (QED) is 0.816. The number of aromatic nitrogens is 3. The van der Waals surface area contributed by atoms with Crippen molar-refractivity contribution in [2.45, 2.75) is 31.7 Å². The van der Waals surface area contributed by atoms with Crippen molar-refractivity contribution in [2.24, 2.45) is 0 Å². The standard InChI is InChI=1S/C11H18N4O2S/c1-2-3-8-18(16,17)15-7-5-4-6-10(15)11-12-9-13-14-11/h2,9-10H,1,3-8H2,(H,12,13,14)/t10-/m1/s1. The van der Waals surface area contributed by atoms with Crippen molar-refractivity contribution in [1.82, 2.24) is 19.5 Å². The maximum absolute atomic E-state index is 12.3. The monoisotopic (exact) mass is 270 g/mol. The fourth-order valence-corrected chi connectivity index (χ4v) is 3.94. The highest BCUT2D eigenvalue weighted by Gasteiger charge is 2.34. The SMILES string of the molecule is C=CCCS(=O)(=O)N1CCCC[C@@H]1c1ncn[nH]1. The summed E-state index contributed by atoms with van der Waals surface area (Å²) in [6.45, 7) is 4.13. The molecule has 18 heavy (non-hydrogen) atoms. The Labute approximate surface area is 107 Å². The molecule has 0 bridgehead atoms. The van der Waals surface area contributed by atoms with Gasteiger partial charge in [0.25, 0.3) is 0 Å². The number of hydrogen-bond acceptors (Lipinski definition) is 4. The molecular weight excluding hydrogens is 252 g/mol. The molecular formula is C11H18N4O2S. The predicted molar refractivity (Wildman–Crippen MR) is 68.3 cm³/mol. The molecule has 1 atom stereocenters. The average Bonchev–Trinajstić information content (AvgIpc) is 2.90. The minimum absolute atomic E-state index is 0.112. The number of aromatic amines is 1. The maximum Gasteiger partial charge on any atom is 0.215 e. The van der Waals surface area contributed by atoms with Gasteiger partial charge in [0.2, 0.25) is 10.0 Å². The molecule has 1 aromatic heterocycles. The Morgan fingerprint density at radius 2 is 2.39 bits per heavy atom. The van der Waals surface area contributed by atoms with Crippen molar-refractivity contribution in [3.05, 3.63) is 24.8 Å². The highest BCUT2D eigenvalue weighted by molar-refractivity contribution is 7.89. The molecule has 1 N–H and O–H groups in total. The second kappa shape index (κ2) is 5.62. The molecule has 0 amide bonds. The van der Waals surface area contributed by atoms with E-state index >= 15 is 0 Å². The minimum Gasteiger partial charge on any atom is -0.262 e. The highest BCUT2D eigenvalue weighted by atomic mass is 32.2. The molecule has 1 fully saturated rings. The summed E-state index contributed by atoms with van der Waals surface area (Å²) in [7, 11) is -3.25. The maximum atomic E-state index is 12.3. The van der Waals surface area contributed by atoms with Crippen LogP contribution in [0.3, 0.4) is 0 Å². The van der Waals surface area contributed by atoms with Crippen LogP contribution in [0.5, 0.6) is 0 Å². The van der Waals surface area contributed by atoms with Crippen molar-refractivity contribution in [1.29, 1.82) is 0 Å². The van der Waals surface area contributed by atoms with Crippen LogP contribution in [-0.4, -0.2) is 40.2 Å². The zero-order valence-electron chi connectivity index (χ0n) is 10.2. The number of hydrogen-bond donors (Lipinski definition) is 1. The summed E-state index contributed by atoms with van der Waals surface area (Å²) in [5.41, 5.74) is 0. The van der Waals surface area contributed by atoms with E-state index in [0.717, 1.165) is 19.3 Å². The third kappa shape index (κ3) is 2.78. The Kier molecular flexibility index (Phi) is 4.13. The Hall–Kier alpha value is -1.21. The number of sulfonamides is 1. The smallest absolute Gasteiger partial charge is 0.215 e. The van der Waals surface area contributed by atoms with Crippen LogP contribution in [0.25, 0.3) is 0 Å². The fraction of sp³-hybridized carbons (Fsp3) is 0.636. The van der Waals surface area contributed by atoms with Crippen LogP contribution in [0.4, 0.5) is 0 Å². The zero-order chi connectivity index (χ0) is 13.0. The van der Waals surface area contributed by atoms with E-state index in [0.29, 0.717) is 18.8 Å². The highest BCUT2D eigenvalue weighted by Crippen LogP contribution is 2.31. The second-order valence-electron chi connectivity index (χ2n) is 4.39. The van der Waals surface area contributed by atoms with Crippen LogP contribution in [-0.2, 0) is 10.0 Å². The Morgan fingerprint density at radius 1 is 1.56 bits per heavy atom. The first kappa shape index (κ1) is 13.2. The number of piperidine rings is 1. The van der Waals surface area contributed by atoms with Gasteiger partial charge in [-0.2, -0.15) is 9.40 Å². The number of nitrogens with zero attached hydrogens (tertiary/aromatic N) is 3. The molecule has 0 aromatic carbocycles. The summed E-state index contributed by atoms with van der Waals surface area (Å²) in [4.78, 5) is 4.09. The molecule has 1 aromatic rings. The topological polar surface area (TPSA) is 79.0 Å².